The van der Waals surface area contributed by atoms with Crippen LogP contribution in [0.25, 0.3) is 11.0 Å². The summed E-state index contributed by atoms with van der Waals surface area (Å²) in [5.74, 6) is 0. The van der Waals surface area contributed by atoms with Gasteiger partial charge >= 0.3 is 61.5 Å². The first kappa shape index (κ1) is 14.5. The first-order chi connectivity index (χ1) is 6.98. The van der Waals surface area contributed by atoms with Crippen molar-refractivity contribution in [1.82, 2.24) is 9.97 Å². The molecule has 0 saturated carbocycles. The van der Waals surface area contributed by atoms with E-state index in [0.29, 0.717) is 11.0 Å². The van der Waals surface area contributed by atoms with Gasteiger partial charge in [0.25, 0.3) is 0 Å². The summed E-state index contributed by atoms with van der Waals surface area (Å²) in [6.45, 7) is 0. The molecule has 80 valence electrons. The van der Waals surface area contributed by atoms with Gasteiger partial charge in [0, 0.05) is 0 Å². The molecular formula is C8H6ClKN2O3S. The van der Waals surface area contributed by atoms with Crippen molar-refractivity contribution in [2.45, 2.75) is 5.03 Å². The van der Waals surface area contributed by atoms with Crippen molar-refractivity contribution in [3.63, 3.8) is 0 Å². The molecule has 0 radical (unpaired) electrons. The van der Waals surface area contributed by atoms with Crippen LogP contribution in [0.15, 0.2) is 29.3 Å². The van der Waals surface area contributed by atoms with Gasteiger partial charge in [0.05, 0.1) is 11.0 Å². The van der Waals surface area contributed by atoms with E-state index in [4.69, 9.17) is 16.2 Å². The molecule has 2 rings (SSSR count). The van der Waals surface area contributed by atoms with Gasteiger partial charge in [-0.25, -0.2) is 9.97 Å². The number of rotatable bonds is 1. The largest absolute Gasteiger partial charge is 1.00 e. The molecule has 0 fully saturated rings. The smallest absolute Gasteiger partial charge is 1.00 e. The molecule has 0 atom stereocenters. The van der Waals surface area contributed by atoms with Crippen LogP contribution in [0.4, 0.5) is 0 Å². The molecule has 1 aromatic carbocycles. The zero-order valence-corrected chi connectivity index (χ0v) is 12.9. The molecule has 1 N–H and O–H groups in total. The summed E-state index contributed by atoms with van der Waals surface area (Å²) in [4.78, 5) is 7.52. The van der Waals surface area contributed by atoms with Crippen molar-refractivity contribution >= 4 is 32.8 Å². The molecule has 0 aliphatic heterocycles. The number of hydrogen-bond acceptors (Lipinski definition) is 4. The van der Waals surface area contributed by atoms with Crippen molar-refractivity contribution in [2.24, 2.45) is 0 Å². The zero-order valence-electron chi connectivity index (χ0n) is 9.25. The zero-order chi connectivity index (χ0) is 11.1. The van der Waals surface area contributed by atoms with E-state index in [0.717, 1.165) is 0 Å². The van der Waals surface area contributed by atoms with E-state index in [1.54, 1.807) is 24.3 Å². The minimum Gasteiger partial charge on any atom is -1.00 e. The van der Waals surface area contributed by atoms with E-state index in [1.807, 2.05) is 0 Å². The molecule has 0 spiro atoms. The topological polar surface area (TPSA) is 80.2 Å². The van der Waals surface area contributed by atoms with E-state index in [1.165, 1.54) is 0 Å². The van der Waals surface area contributed by atoms with Crippen LogP contribution >= 0.6 is 11.6 Å². The van der Waals surface area contributed by atoms with Crippen molar-refractivity contribution < 1.29 is 65.8 Å². The van der Waals surface area contributed by atoms with E-state index < -0.39 is 15.1 Å². The maximum Gasteiger partial charge on any atom is 1.00 e. The van der Waals surface area contributed by atoms with Crippen LogP contribution in [-0.4, -0.2) is 22.9 Å². The Kier molecular flexibility index (Phi) is 4.84. The second kappa shape index (κ2) is 5.36. The SMILES string of the molecule is O=S(=O)(O)c1nc2ccccc2nc1Cl.[H-].[K+]. The number of hydrogen-bond donors (Lipinski definition) is 1. The third-order valence-corrected chi connectivity index (χ3v) is 2.89. The standard InChI is InChI=1S/C8H5ClN2O3S.K.H/c9-7-8(15(12,13)14)11-6-4-2-1-3-5(6)10-7;;/h1-4H,(H,12,13,14);;/q;+1;-1. The molecule has 8 heteroatoms. The fraction of sp³-hybridized carbons (Fsp3) is 0. The summed E-state index contributed by atoms with van der Waals surface area (Å²) >= 11 is 5.58. The van der Waals surface area contributed by atoms with Gasteiger partial charge in [-0.3, -0.25) is 4.55 Å². The average Bonchev–Trinajstić information content (AvgIpc) is 2.15. The monoisotopic (exact) mass is 284 g/mol. The Morgan fingerprint density at radius 1 is 1.19 bits per heavy atom. The Bertz CT molecular complexity index is 638. The van der Waals surface area contributed by atoms with Crippen molar-refractivity contribution in [2.75, 3.05) is 0 Å². The molecule has 0 aliphatic carbocycles. The third kappa shape index (κ3) is 2.99. The van der Waals surface area contributed by atoms with Gasteiger partial charge in [-0.15, -0.1) is 0 Å². The summed E-state index contributed by atoms with van der Waals surface area (Å²) in [6.07, 6.45) is 0. The van der Waals surface area contributed by atoms with E-state index in [9.17, 15) is 8.42 Å². The Balaban J connectivity index is 0.00000128. The number of nitrogens with zero attached hydrogens (tertiary/aromatic N) is 2. The molecule has 0 saturated heterocycles. The minimum atomic E-state index is -4.43. The number of fused-ring (bicyclic) bond motifs is 1. The van der Waals surface area contributed by atoms with Gasteiger partial charge in [0.15, 0.2) is 5.15 Å². The molecule has 0 amide bonds. The molecule has 1 heterocycles. The van der Waals surface area contributed by atoms with E-state index >= 15 is 0 Å². The Morgan fingerprint density at radius 3 is 2.19 bits per heavy atom. The van der Waals surface area contributed by atoms with Gasteiger partial charge in [0.1, 0.15) is 0 Å². The Hall–Kier alpha value is 0.396. The minimum absolute atomic E-state index is 0. The summed E-state index contributed by atoms with van der Waals surface area (Å²) in [5.41, 5.74) is 0.824. The first-order valence-corrected chi connectivity index (χ1v) is 5.70. The molecule has 2 aromatic rings. The molecule has 1 aromatic heterocycles. The second-order valence-electron chi connectivity index (χ2n) is 2.78. The summed E-state index contributed by atoms with van der Waals surface area (Å²) in [6, 6.07) is 6.62. The third-order valence-electron chi connectivity index (χ3n) is 1.74. The van der Waals surface area contributed by atoms with Crippen LogP contribution < -0.4 is 51.4 Å². The Morgan fingerprint density at radius 2 is 1.69 bits per heavy atom. The number of benzene rings is 1. The van der Waals surface area contributed by atoms with Crippen LogP contribution in [0.1, 0.15) is 1.43 Å². The number of aromatic nitrogens is 2. The van der Waals surface area contributed by atoms with Crippen LogP contribution in [0, 0.1) is 0 Å². The number of halogens is 1. The summed E-state index contributed by atoms with van der Waals surface area (Å²) in [7, 11) is -4.43. The molecule has 16 heavy (non-hydrogen) atoms. The van der Waals surface area contributed by atoms with E-state index in [2.05, 4.69) is 9.97 Å². The fourth-order valence-electron chi connectivity index (χ4n) is 1.13. The molecule has 5 nitrogen and oxygen atoms in total. The van der Waals surface area contributed by atoms with Crippen molar-refractivity contribution in [3.8, 4) is 0 Å². The van der Waals surface area contributed by atoms with E-state index in [-0.39, 0.29) is 58.0 Å². The fourth-order valence-corrected chi connectivity index (χ4v) is 2.02. The van der Waals surface area contributed by atoms with Gasteiger partial charge in [-0.2, -0.15) is 8.42 Å². The normalized spacial score (nSPS) is 11.1. The van der Waals surface area contributed by atoms with Crippen LogP contribution in [0.3, 0.4) is 0 Å². The molecule has 0 bridgehead atoms. The average molecular weight is 285 g/mol. The van der Waals surface area contributed by atoms with Gasteiger partial charge in [-0.1, -0.05) is 23.7 Å². The Labute approximate surface area is 141 Å². The summed E-state index contributed by atoms with van der Waals surface area (Å²) in [5, 5.41) is -0.959. The molecule has 0 unspecified atom stereocenters. The van der Waals surface area contributed by atoms with Crippen molar-refractivity contribution in [1.29, 1.82) is 0 Å². The maximum absolute atomic E-state index is 10.9. The van der Waals surface area contributed by atoms with Crippen molar-refractivity contribution in [3.05, 3.63) is 29.4 Å². The predicted molar refractivity (Wildman–Crippen MR) is 55.5 cm³/mol. The van der Waals surface area contributed by atoms with Gasteiger partial charge in [-0.05, 0) is 12.1 Å². The van der Waals surface area contributed by atoms with Crippen LogP contribution in [0.5, 0.6) is 0 Å². The van der Waals surface area contributed by atoms with Gasteiger partial charge < -0.3 is 1.43 Å². The van der Waals surface area contributed by atoms with Crippen LogP contribution in [0.2, 0.25) is 5.15 Å². The predicted octanol–water partition coefficient (Wildman–Crippen LogP) is -1.35. The van der Waals surface area contributed by atoms with Gasteiger partial charge in [0.2, 0.25) is 5.03 Å². The first-order valence-electron chi connectivity index (χ1n) is 3.88. The quantitative estimate of drug-likeness (QED) is 0.517. The molecular weight excluding hydrogens is 279 g/mol. The molecule has 0 aliphatic rings. The second-order valence-corrected chi connectivity index (χ2v) is 4.48. The maximum atomic E-state index is 10.9. The summed E-state index contributed by atoms with van der Waals surface area (Å²) < 4.78 is 30.5. The number of para-hydroxylation sites is 2. The van der Waals surface area contributed by atoms with Crippen LogP contribution in [-0.2, 0) is 10.1 Å².